The fourth-order valence-electron chi connectivity index (χ4n) is 1.86. The standard InChI is InChI=1S/C14H18N4O2S/c1-4-15-13(20)17-12(19)9(2)21-14-16-10-7-5-6-8-11(10)18(14)3/h5-9H,4H2,1-3H3,(H2,15,17,19,20). The van der Waals surface area contributed by atoms with Crippen molar-refractivity contribution in [1.82, 2.24) is 20.2 Å². The van der Waals surface area contributed by atoms with Gasteiger partial charge in [-0.25, -0.2) is 9.78 Å². The second kappa shape index (κ2) is 6.62. The number of urea groups is 1. The van der Waals surface area contributed by atoms with Gasteiger partial charge in [-0.05, 0) is 26.0 Å². The monoisotopic (exact) mass is 306 g/mol. The van der Waals surface area contributed by atoms with Crippen LogP contribution in [0.2, 0.25) is 0 Å². The van der Waals surface area contributed by atoms with Gasteiger partial charge >= 0.3 is 6.03 Å². The first kappa shape index (κ1) is 15.4. The van der Waals surface area contributed by atoms with Crippen molar-refractivity contribution >= 4 is 34.7 Å². The summed E-state index contributed by atoms with van der Waals surface area (Å²) in [4.78, 5) is 27.8. The molecule has 3 amide bonds. The molecule has 0 fully saturated rings. The summed E-state index contributed by atoms with van der Waals surface area (Å²) in [6, 6.07) is 7.31. The highest BCUT2D eigenvalue weighted by Crippen LogP contribution is 2.26. The van der Waals surface area contributed by atoms with E-state index in [4.69, 9.17) is 0 Å². The molecule has 0 saturated carbocycles. The number of aryl methyl sites for hydroxylation is 1. The molecule has 1 atom stereocenters. The number of imide groups is 1. The summed E-state index contributed by atoms with van der Waals surface area (Å²) in [7, 11) is 1.91. The number of nitrogens with zero attached hydrogens (tertiary/aromatic N) is 2. The first-order chi connectivity index (χ1) is 10.0. The minimum Gasteiger partial charge on any atom is -0.338 e. The minimum atomic E-state index is -0.472. The lowest BCUT2D eigenvalue weighted by molar-refractivity contribution is -0.119. The molecule has 0 aliphatic heterocycles. The third-order valence-electron chi connectivity index (χ3n) is 2.97. The second-order valence-corrected chi connectivity index (χ2v) is 5.86. The van der Waals surface area contributed by atoms with Gasteiger partial charge in [-0.1, -0.05) is 23.9 Å². The highest BCUT2D eigenvalue weighted by molar-refractivity contribution is 8.00. The van der Waals surface area contributed by atoms with Crippen LogP contribution >= 0.6 is 11.8 Å². The van der Waals surface area contributed by atoms with Crippen LogP contribution in [0, 0.1) is 0 Å². The Morgan fingerprint density at radius 2 is 2.10 bits per heavy atom. The van der Waals surface area contributed by atoms with Crippen LogP contribution in [0.5, 0.6) is 0 Å². The number of imidazole rings is 1. The van der Waals surface area contributed by atoms with Crippen molar-refractivity contribution in [3.05, 3.63) is 24.3 Å². The summed E-state index contributed by atoms with van der Waals surface area (Å²) in [5, 5.41) is 5.17. The zero-order chi connectivity index (χ0) is 15.4. The van der Waals surface area contributed by atoms with Gasteiger partial charge in [0.2, 0.25) is 5.91 Å². The molecule has 21 heavy (non-hydrogen) atoms. The van der Waals surface area contributed by atoms with E-state index >= 15 is 0 Å². The van der Waals surface area contributed by atoms with Gasteiger partial charge in [-0.15, -0.1) is 0 Å². The maximum absolute atomic E-state index is 11.9. The molecule has 1 aromatic heterocycles. The van der Waals surface area contributed by atoms with E-state index < -0.39 is 11.3 Å². The molecule has 2 rings (SSSR count). The van der Waals surface area contributed by atoms with Crippen molar-refractivity contribution < 1.29 is 9.59 Å². The first-order valence-electron chi connectivity index (χ1n) is 6.69. The highest BCUT2D eigenvalue weighted by Gasteiger charge is 2.19. The summed E-state index contributed by atoms with van der Waals surface area (Å²) in [6.07, 6.45) is 0. The van der Waals surface area contributed by atoms with Crippen LogP contribution in [0.3, 0.4) is 0 Å². The number of hydrogen-bond acceptors (Lipinski definition) is 4. The van der Waals surface area contributed by atoms with Crippen LogP contribution in [0.4, 0.5) is 4.79 Å². The third-order valence-corrected chi connectivity index (χ3v) is 4.12. The second-order valence-electron chi connectivity index (χ2n) is 4.55. The number of nitrogens with one attached hydrogen (secondary N) is 2. The van der Waals surface area contributed by atoms with Crippen LogP contribution in [0.25, 0.3) is 11.0 Å². The molecule has 0 aliphatic rings. The highest BCUT2D eigenvalue weighted by atomic mass is 32.2. The third kappa shape index (κ3) is 3.55. The van der Waals surface area contributed by atoms with Gasteiger partial charge in [0, 0.05) is 13.6 Å². The van der Waals surface area contributed by atoms with E-state index in [2.05, 4.69) is 15.6 Å². The number of para-hydroxylation sites is 2. The first-order valence-corrected chi connectivity index (χ1v) is 7.57. The van der Waals surface area contributed by atoms with Crippen LogP contribution in [-0.2, 0) is 11.8 Å². The Bertz CT molecular complexity index is 668. The van der Waals surface area contributed by atoms with Crippen LogP contribution in [-0.4, -0.2) is 33.3 Å². The largest absolute Gasteiger partial charge is 0.338 e. The predicted octanol–water partition coefficient (Wildman–Crippen LogP) is 1.90. The maximum atomic E-state index is 11.9. The Morgan fingerprint density at radius 3 is 2.76 bits per heavy atom. The fraction of sp³-hybridized carbons (Fsp3) is 0.357. The molecule has 0 radical (unpaired) electrons. The summed E-state index contributed by atoms with van der Waals surface area (Å²) < 4.78 is 1.94. The SMILES string of the molecule is CCNC(=O)NC(=O)C(C)Sc1nc2ccccc2n1C. The molecule has 0 saturated heterocycles. The number of rotatable bonds is 4. The number of amides is 3. The van der Waals surface area contributed by atoms with Gasteiger partial charge in [0.1, 0.15) is 0 Å². The lowest BCUT2D eigenvalue weighted by Gasteiger charge is -2.11. The minimum absolute atomic E-state index is 0.335. The Hall–Kier alpha value is -2.02. The molecule has 1 aromatic carbocycles. The number of carbonyl (C=O) groups is 2. The van der Waals surface area contributed by atoms with E-state index in [1.54, 1.807) is 13.8 Å². The molecule has 1 heterocycles. The molecule has 2 aromatic rings. The van der Waals surface area contributed by atoms with Crippen LogP contribution in [0.15, 0.2) is 29.4 Å². The number of carbonyl (C=O) groups excluding carboxylic acids is 2. The fourth-order valence-corrected chi connectivity index (χ4v) is 2.75. The number of fused-ring (bicyclic) bond motifs is 1. The number of aromatic nitrogens is 2. The normalized spacial score (nSPS) is 12.1. The summed E-state index contributed by atoms with van der Waals surface area (Å²) in [5.41, 5.74) is 1.90. The zero-order valence-electron chi connectivity index (χ0n) is 12.2. The van der Waals surface area contributed by atoms with Crippen LogP contribution in [0.1, 0.15) is 13.8 Å². The Morgan fingerprint density at radius 1 is 1.38 bits per heavy atom. The number of thioether (sulfide) groups is 1. The van der Waals surface area contributed by atoms with Gasteiger partial charge in [0.05, 0.1) is 16.3 Å². The quantitative estimate of drug-likeness (QED) is 0.846. The molecule has 0 spiro atoms. The topological polar surface area (TPSA) is 76.0 Å². The molecule has 7 heteroatoms. The van der Waals surface area contributed by atoms with E-state index in [0.29, 0.717) is 6.54 Å². The van der Waals surface area contributed by atoms with E-state index in [9.17, 15) is 9.59 Å². The van der Waals surface area contributed by atoms with Gasteiger partial charge in [0.25, 0.3) is 0 Å². The van der Waals surface area contributed by atoms with Crippen molar-refractivity contribution in [2.45, 2.75) is 24.3 Å². The molecule has 0 aliphatic carbocycles. The van der Waals surface area contributed by atoms with Crippen molar-refractivity contribution in [2.24, 2.45) is 7.05 Å². The van der Waals surface area contributed by atoms with Gasteiger partial charge in [0.15, 0.2) is 5.16 Å². The average molecular weight is 306 g/mol. The Balaban J connectivity index is 2.07. The molecular weight excluding hydrogens is 288 g/mol. The predicted molar refractivity (Wildman–Crippen MR) is 83.2 cm³/mol. The maximum Gasteiger partial charge on any atom is 0.321 e. The van der Waals surface area contributed by atoms with Gasteiger partial charge in [-0.3, -0.25) is 10.1 Å². The van der Waals surface area contributed by atoms with E-state index in [1.807, 2.05) is 35.9 Å². The summed E-state index contributed by atoms with van der Waals surface area (Å²) in [6.45, 7) is 4.02. The molecule has 6 nitrogen and oxygen atoms in total. The van der Waals surface area contributed by atoms with Crippen LogP contribution < -0.4 is 10.6 Å². The lowest BCUT2D eigenvalue weighted by Crippen LogP contribution is -2.42. The molecule has 0 bridgehead atoms. The van der Waals surface area contributed by atoms with E-state index in [0.717, 1.165) is 16.2 Å². The van der Waals surface area contributed by atoms with Crippen molar-refractivity contribution in [3.63, 3.8) is 0 Å². The average Bonchev–Trinajstić information content (AvgIpc) is 2.76. The van der Waals surface area contributed by atoms with E-state index in [-0.39, 0.29) is 5.91 Å². The summed E-state index contributed by atoms with van der Waals surface area (Å²) in [5.74, 6) is -0.335. The molecular formula is C14H18N4O2S. The molecule has 2 N–H and O–H groups in total. The lowest BCUT2D eigenvalue weighted by atomic mass is 10.3. The Kier molecular flexibility index (Phi) is 4.85. The van der Waals surface area contributed by atoms with Crippen molar-refractivity contribution in [2.75, 3.05) is 6.54 Å². The molecule has 1 unspecified atom stereocenters. The van der Waals surface area contributed by atoms with Gasteiger partial charge in [-0.2, -0.15) is 0 Å². The number of hydrogen-bond donors (Lipinski definition) is 2. The van der Waals surface area contributed by atoms with Crippen molar-refractivity contribution in [3.8, 4) is 0 Å². The number of benzene rings is 1. The summed E-state index contributed by atoms with van der Waals surface area (Å²) >= 11 is 1.32. The van der Waals surface area contributed by atoms with E-state index in [1.165, 1.54) is 11.8 Å². The zero-order valence-corrected chi connectivity index (χ0v) is 13.0. The smallest absolute Gasteiger partial charge is 0.321 e. The Labute approximate surface area is 127 Å². The van der Waals surface area contributed by atoms with Gasteiger partial charge < -0.3 is 9.88 Å². The molecule has 112 valence electrons. The van der Waals surface area contributed by atoms with Crippen molar-refractivity contribution in [1.29, 1.82) is 0 Å².